The van der Waals surface area contributed by atoms with Crippen molar-refractivity contribution >= 4 is 35.8 Å². The van der Waals surface area contributed by atoms with Crippen LogP contribution in [0.1, 0.15) is 39.7 Å². The summed E-state index contributed by atoms with van der Waals surface area (Å²) in [5, 5.41) is 9.28. The molecule has 0 fully saturated rings. The smallest absolute Gasteiger partial charge is 0.239 e. The largest absolute Gasteiger partial charge is 0.354 e. The molecule has 6 heteroatoms. The number of rotatable bonds is 6. The molecule has 136 valence electrons. The molecule has 5 nitrogen and oxygen atoms in total. The van der Waals surface area contributed by atoms with Gasteiger partial charge in [0.2, 0.25) is 5.91 Å². The maximum absolute atomic E-state index is 11.8. The van der Waals surface area contributed by atoms with Gasteiger partial charge in [0, 0.05) is 18.6 Å². The number of hydrogen-bond acceptors (Lipinski definition) is 2. The Morgan fingerprint density at radius 3 is 2.38 bits per heavy atom. The van der Waals surface area contributed by atoms with Crippen molar-refractivity contribution in [2.24, 2.45) is 4.99 Å². The fourth-order valence-electron chi connectivity index (χ4n) is 2.15. The maximum atomic E-state index is 11.8. The van der Waals surface area contributed by atoms with Crippen molar-refractivity contribution in [2.45, 2.75) is 52.1 Å². The number of aryl methyl sites for hydroxylation is 1. The first-order chi connectivity index (χ1) is 10.8. The van der Waals surface area contributed by atoms with Crippen molar-refractivity contribution in [3.05, 3.63) is 35.9 Å². The van der Waals surface area contributed by atoms with E-state index < -0.39 is 0 Å². The van der Waals surface area contributed by atoms with Crippen LogP contribution >= 0.6 is 24.0 Å². The van der Waals surface area contributed by atoms with Crippen molar-refractivity contribution in [1.29, 1.82) is 0 Å². The average Bonchev–Trinajstić information content (AvgIpc) is 2.48. The van der Waals surface area contributed by atoms with Gasteiger partial charge in [-0.05, 0) is 46.1 Å². The van der Waals surface area contributed by atoms with Gasteiger partial charge in [-0.2, -0.15) is 0 Å². The minimum Gasteiger partial charge on any atom is -0.354 e. The van der Waals surface area contributed by atoms with Crippen molar-refractivity contribution in [1.82, 2.24) is 16.0 Å². The summed E-state index contributed by atoms with van der Waals surface area (Å²) in [6, 6.07) is 10.7. The van der Waals surface area contributed by atoms with Crippen LogP contribution in [0.25, 0.3) is 0 Å². The molecule has 3 N–H and O–H groups in total. The molecule has 1 amide bonds. The van der Waals surface area contributed by atoms with Gasteiger partial charge in [0.1, 0.15) is 0 Å². The Morgan fingerprint density at radius 2 is 1.83 bits per heavy atom. The standard InChI is InChI=1S/C18H30N4O.HI/c1-14(11-12-15-9-7-6-8-10-15)21-17(19-5)20-13-16(23)22-18(2,3)4;/h6-10,14H,11-13H2,1-5H3,(H,22,23)(H2,19,20,21);1H. The number of carbonyl (C=O) groups excluding carboxylic acids is 1. The zero-order chi connectivity index (χ0) is 17.3. The molecule has 0 aromatic heterocycles. The van der Waals surface area contributed by atoms with E-state index in [0.29, 0.717) is 5.96 Å². The molecule has 0 radical (unpaired) electrons. The molecular formula is C18H31IN4O. The highest BCUT2D eigenvalue weighted by Gasteiger charge is 2.14. The van der Waals surface area contributed by atoms with Gasteiger partial charge < -0.3 is 16.0 Å². The summed E-state index contributed by atoms with van der Waals surface area (Å²) in [5.41, 5.74) is 1.10. The summed E-state index contributed by atoms with van der Waals surface area (Å²) in [6.45, 7) is 8.21. The molecule has 0 aliphatic rings. The minimum atomic E-state index is -0.224. The summed E-state index contributed by atoms with van der Waals surface area (Å²) in [5.74, 6) is 0.604. The fraction of sp³-hybridized carbons (Fsp3) is 0.556. The summed E-state index contributed by atoms with van der Waals surface area (Å²) in [4.78, 5) is 16.0. The van der Waals surface area contributed by atoms with E-state index in [0.717, 1.165) is 12.8 Å². The first kappa shape index (κ1) is 22.7. The highest BCUT2D eigenvalue weighted by molar-refractivity contribution is 14.0. The van der Waals surface area contributed by atoms with Gasteiger partial charge in [0.05, 0.1) is 6.54 Å². The zero-order valence-corrected chi connectivity index (χ0v) is 17.7. The molecule has 1 aromatic carbocycles. The van der Waals surface area contributed by atoms with Crippen LogP contribution in [-0.2, 0) is 11.2 Å². The number of benzene rings is 1. The molecule has 0 spiro atoms. The second kappa shape index (κ2) is 11.3. The van der Waals surface area contributed by atoms with Crippen LogP contribution in [0, 0.1) is 0 Å². The number of nitrogens with one attached hydrogen (secondary N) is 3. The Hall–Kier alpha value is -1.31. The van der Waals surface area contributed by atoms with E-state index in [1.807, 2.05) is 26.8 Å². The molecule has 1 aromatic rings. The summed E-state index contributed by atoms with van der Waals surface area (Å²) >= 11 is 0. The third-order valence-corrected chi connectivity index (χ3v) is 3.25. The fourth-order valence-corrected chi connectivity index (χ4v) is 2.15. The molecule has 0 aliphatic heterocycles. The molecule has 0 saturated carbocycles. The molecule has 0 heterocycles. The lowest BCUT2D eigenvalue weighted by Gasteiger charge is -2.22. The van der Waals surface area contributed by atoms with Crippen LogP contribution in [0.3, 0.4) is 0 Å². The Bertz CT molecular complexity index is 512. The number of guanidine groups is 1. The Kier molecular flexibility index (Phi) is 10.7. The summed E-state index contributed by atoms with van der Waals surface area (Å²) in [7, 11) is 1.71. The number of hydrogen-bond donors (Lipinski definition) is 3. The lowest BCUT2D eigenvalue weighted by atomic mass is 10.1. The van der Waals surface area contributed by atoms with E-state index in [9.17, 15) is 4.79 Å². The topological polar surface area (TPSA) is 65.5 Å². The molecule has 0 saturated heterocycles. The Balaban J connectivity index is 0.00000529. The van der Waals surface area contributed by atoms with E-state index in [1.54, 1.807) is 7.05 Å². The third-order valence-electron chi connectivity index (χ3n) is 3.25. The minimum absolute atomic E-state index is 0. The molecule has 24 heavy (non-hydrogen) atoms. The number of nitrogens with zero attached hydrogens (tertiary/aromatic N) is 1. The molecule has 0 bridgehead atoms. The van der Waals surface area contributed by atoms with Crippen molar-refractivity contribution in [3.8, 4) is 0 Å². The first-order valence-corrected chi connectivity index (χ1v) is 8.12. The van der Waals surface area contributed by atoms with E-state index >= 15 is 0 Å². The summed E-state index contributed by atoms with van der Waals surface area (Å²) in [6.07, 6.45) is 2.01. The average molecular weight is 446 g/mol. The Labute approximate surface area is 163 Å². The normalized spacial score (nSPS) is 12.8. The van der Waals surface area contributed by atoms with Crippen LogP contribution in [0.5, 0.6) is 0 Å². The highest BCUT2D eigenvalue weighted by Crippen LogP contribution is 2.04. The predicted octanol–water partition coefficient (Wildman–Crippen LogP) is 2.71. The van der Waals surface area contributed by atoms with Crippen molar-refractivity contribution in [3.63, 3.8) is 0 Å². The highest BCUT2D eigenvalue weighted by atomic mass is 127. The number of carbonyl (C=O) groups is 1. The molecule has 1 atom stereocenters. The number of aliphatic imine (C=N–C) groups is 1. The second-order valence-electron chi connectivity index (χ2n) is 6.79. The van der Waals surface area contributed by atoms with Gasteiger partial charge in [-0.1, -0.05) is 30.3 Å². The first-order valence-electron chi connectivity index (χ1n) is 8.12. The zero-order valence-electron chi connectivity index (χ0n) is 15.3. The third kappa shape index (κ3) is 10.5. The van der Waals surface area contributed by atoms with Crippen LogP contribution in [0.4, 0.5) is 0 Å². The van der Waals surface area contributed by atoms with Gasteiger partial charge in [0.25, 0.3) is 0 Å². The predicted molar refractivity (Wildman–Crippen MR) is 112 cm³/mol. The van der Waals surface area contributed by atoms with Crippen molar-refractivity contribution < 1.29 is 4.79 Å². The monoisotopic (exact) mass is 446 g/mol. The quantitative estimate of drug-likeness (QED) is 0.358. The second-order valence-corrected chi connectivity index (χ2v) is 6.79. The molecule has 1 unspecified atom stereocenters. The van der Waals surface area contributed by atoms with E-state index in [-0.39, 0.29) is 48.0 Å². The number of amides is 1. The van der Waals surface area contributed by atoms with Crippen molar-refractivity contribution in [2.75, 3.05) is 13.6 Å². The summed E-state index contributed by atoms with van der Waals surface area (Å²) < 4.78 is 0. The van der Waals surface area contributed by atoms with Gasteiger partial charge >= 0.3 is 0 Å². The SMILES string of the molecule is CN=C(NCC(=O)NC(C)(C)C)NC(C)CCc1ccccc1.I. The molecule has 0 aliphatic carbocycles. The van der Waals surface area contributed by atoms with Gasteiger partial charge in [-0.25, -0.2) is 0 Å². The van der Waals surface area contributed by atoms with Crippen LogP contribution < -0.4 is 16.0 Å². The van der Waals surface area contributed by atoms with Gasteiger partial charge in [-0.3, -0.25) is 9.79 Å². The lowest BCUT2D eigenvalue weighted by molar-refractivity contribution is -0.121. The van der Waals surface area contributed by atoms with E-state index in [4.69, 9.17) is 0 Å². The maximum Gasteiger partial charge on any atom is 0.239 e. The molecular weight excluding hydrogens is 415 g/mol. The van der Waals surface area contributed by atoms with Crippen LogP contribution in [-0.4, -0.2) is 37.0 Å². The van der Waals surface area contributed by atoms with Crippen LogP contribution in [0.15, 0.2) is 35.3 Å². The molecule has 1 rings (SSSR count). The van der Waals surface area contributed by atoms with Crippen LogP contribution in [0.2, 0.25) is 0 Å². The van der Waals surface area contributed by atoms with E-state index in [2.05, 4.69) is 52.1 Å². The van der Waals surface area contributed by atoms with E-state index in [1.165, 1.54) is 5.56 Å². The lowest BCUT2D eigenvalue weighted by Crippen LogP contribution is -2.49. The van der Waals surface area contributed by atoms with Gasteiger partial charge in [-0.15, -0.1) is 24.0 Å². The number of halogens is 1. The van der Waals surface area contributed by atoms with Gasteiger partial charge in [0.15, 0.2) is 5.96 Å². The Morgan fingerprint density at radius 1 is 1.21 bits per heavy atom.